The van der Waals surface area contributed by atoms with Crippen molar-refractivity contribution in [1.82, 2.24) is 4.98 Å². The quantitative estimate of drug-likeness (QED) is 0.799. The average Bonchev–Trinajstić information content (AvgIpc) is 2.88. The van der Waals surface area contributed by atoms with Gasteiger partial charge in [-0.05, 0) is 25.5 Å². The SMILES string of the molecule is CCOc1cc(C)ccc1C(O)Nc1nc(S(C)=O)cs1. The maximum Gasteiger partial charge on any atom is 0.186 e. The molecule has 0 aliphatic rings. The Morgan fingerprint density at radius 3 is 2.90 bits per heavy atom. The highest BCUT2D eigenvalue weighted by atomic mass is 32.2. The van der Waals surface area contributed by atoms with Crippen LogP contribution in [0, 0.1) is 6.92 Å². The van der Waals surface area contributed by atoms with Crippen molar-refractivity contribution < 1.29 is 14.1 Å². The number of rotatable bonds is 6. The van der Waals surface area contributed by atoms with E-state index in [1.54, 1.807) is 11.6 Å². The second-order valence-electron chi connectivity index (χ2n) is 4.47. The number of benzene rings is 1. The molecule has 5 nitrogen and oxygen atoms in total. The zero-order valence-electron chi connectivity index (χ0n) is 12.1. The summed E-state index contributed by atoms with van der Waals surface area (Å²) in [6.45, 7) is 4.39. The molecule has 2 unspecified atom stereocenters. The molecule has 1 aromatic carbocycles. The van der Waals surface area contributed by atoms with Gasteiger partial charge in [0, 0.05) is 17.2 Å². The van der Waals surface area contributed by atoms with Crippen molar-refractivity contribution in [1.29, 1.82) is 0 Å². The molecule has 1 heterocycles. The third-order valence-electron chi connectivity index (χ3n) is 2.80. The van der Waals surface area contributed by atoms with E-state index in [2.05, 4.69) is 10.3 Å². The normalized spacial score (nSPS) is 13.7. The van der Waals surface area contributed by atoms with Crippen molar-refractivity contribution in [2.75, 3.05) is 18.2 Å². The number of anilines is 1. The van der Waals surface area contributed by atoms with E-state index >= 15 is 0 Å². The highest BCUT2D eigenvalue weighted by Crippen LogP contribution is 2.29. The second kappa shape index (κ2) is 7.02. The molecule has 0 saturated carbocycles. The number of hydrogen-bond acceptors (Lipinski definition) is 6. The molecular formula is C14H18N2O3S2. The van der Waals surface area contributed by atoms with Crippen LogP contribution in [-0.4, -0.2) is 27.2 Å². The summed E-state index contributed by atoms with van der Waals surface area (Å²) in [6, 6.07) is 5.62. The zero-order valence-corrected chi connectivity index (χ0v) is 13.8. The number of aromatic nitrogens is 1. The van der Waals surface area contributed by atoms with Gasteiger partial charge in [0.1, 0.15) is 10.8 Å². The van der Waals surface area contributed by atoms with Gasteiger partial charge in [-0.3, -0.25) is 4.21 Å². The lowest BCUT2D eigenvalue weighted by Gasteiger charge is -2.17. The number of nitrogens with zero attached hydrogens (tertiary/aromatic N) is 1. The predicted octanol–water partition coefficient (Wildman–Crippen LogP) is 2.69. The van der Waals surface area contributed by atoms with Crippen LogP contribution in [0.3, 0.4) is 0 Å². The Labute approximate surface area is 130 Å². The van der Waals surface area contributed by atoms with Gasteiger partial charge >= 0.3 is 0 Å². The number of thiazole rings is 1. The van der Waals surface area contributed by atoms with Gasteiger partial charge in [-0.15, -0.1) is 11.3 Å². The molecule has 0 spiro atoms. The monoisotopic (exact) mass is 326 g/mol. The molecule has 21 heavy (non-hydrogen) atoms. The van der Waals surface area contributed by atoms with Gasteiger partial charge in [-0.25, -0.2) is 4.98 Å². The second-order valence-corrected chi connectivity index (χ2v) is 6.65. The van der Waals surface area contributed by atoms with E-state index in [9.17, 15) is 9.32 Å². The van der Waals surface area contributed by atoms with E-state index in [1.807, 2.05) is 32.0 Å². The zero-order chi connectivity index (χ0) is 15.4. The lowest BCUT2D eigenvalue weighted by molar-refractivity contribution is 0.200. The number of ether oxygens (including phenoxy) is 1. The maximum atomic E-state index is 11.3. The number of aliphatic hydroxyl groups excluding tert-OH is 1. The third-order valence-corrected chi connectivity index (χ3v) is 4.52. The summed E-state index contributed by atoms with van der Waals surface area (Å²) in [5, 5.41) is 16.0. The van der Waals surface area contributed by atoms with Crippen molar-refractivity contribution in [3.63, 3.8) is 0 Å². The Morgan fingerprint density at radius 2 is 2.29 bits per heavy atom. The van der Waals surface area contributed by atoms with Gasteiger partial charge in [0.15, 0.2) is 11.4 Å². The lowest BCUT2D eigenvalue weighted by Crippen LogP contribution is -2.11. The van der Waals surface area contributed by atoms with Gasteiger partial charge in [-0.2, -0.15) is 0 Å². The van der Waals surface area contributed by atoms with Crippen LogP contribution in [-0.2, 0) is 10.8 Å². The van der Waals surface area contributed by atoms with Crippen LogP contribution in [0.1, 0.15) is 24.3 Å². The van der Waals surface area contributed by atoms with Crippen LogP contribution in [0.2, 0.25) is 0 Å². The Bertz CT molecular complexity index is 643. The molecule has 0 aliphatic carbocycles. The smallest absolute Gasteiger partial charge is 0.186 e. The highest BCUT2D eigenvalue weighted by Gasteiger charge is 2.15. The summed E-state index contributed by atoms with van der Waals surface area (Å²) >= 11 is 1.31. The number of aliphatic hydroxyl groups is 1. The van der Waals surface area contributed by atoms with Gasteiger partial charge in [0.2, 0.25) is 0 Å². The molecule has 0 aliphatic heterocycles. The van der Waals surface area contributed by atoms with Crippen molar-refractivity contribution in [3.8, 4) is 5.75 Å². The topological polar surface area (TPSA) is 71.5 Å². The lowest BCUT2D eigenvalue weighted by atomic mass is 10.1. The van der Waals surface area contributed by atoms with E-state index < -0.39 is 17.0 Å². The van der Waals surface area contributed by atoms with Crippen molar-refractivity contribution >= 4 is 27.3 Å². The summed E-state index contributed by atoms with van der Waals surface area (Å²) in [5.41, 5.74) is 1.71. The molecule has 2 atom stereocenters. The standard InChI is InChI=1S/C14H18N2O3S2/c1-4-19-11-7-9(2)5-6-10(11)13(17)16-14-15-12(8-20-14)21(3)18/h5-8,13,17H,4H2,1-3H3,(H,15,16). The van der Waals surface area contributed by atoms with Gasteiger partial charge < -0.3 is 15.2 Å². The van der Waals surface area contributed by atoms with Gasteiger partial charge in [-0.1, -0.05) is 12.1 Å². The van der Waals surface area contributed by atoms with Crippen LogP contribution in [0.5, 0.6) is 5.75 Å². The minimum atomic E-state index is -1.12. The molecule has 0 bridgehead atoms. The average molecular weight is 326 g/mol. The first-order valence-corrected chi connectivity index (χ1v) is 8.92. The summed E-state index contributed by atoms with van der Waals surface area (Å²) in [4.78, 5) is 4.17. The molecule has 0 radical (unpaired) electrons. The summed E-state index contributed by atoms with van der Waals surface area (Å²) in [5.74, 6) is 0.647. The maximum absolute atomic E-state index is 11.3. The van der Waals surface area contributed by atoms with Gasteiger partial charge in [0.05, 0.1) is 17.4 Å². The minimum absolute atomic E-state index is 0.503. The molecule has 0 saturated heterocycles. The van der Waals surface area contributed by atoms with Crippen LogP contribution >= 0.6 is 11.3 Å². The van der Waals surface area contributed by atoms with E-state index in [-0.39, 0.29) is 0 Å². The summed E-state index contributed by atoms with van der Waals surface area (Å²) in [7, 11) is -1.12. The first-order valence-electron chi connectivity index (χ1n) is 6.48. The molecule has 0 fully saturated rings. The number of hydrogen-bond donors (Lipinski definition) is 2. The molecule has 7 heteroatoms. The third kappa shape index (κ3) is 4.03. The molecular weight excluding hydrogens is 308 g/mol. The van der Waals surface area contributed by atoms with Crippen LogP contribution in [0.4, 0.5) is 5.13 Å². The highest BCUT2D eigenvalue weighted by molar-refractivity contribution is 7.84. The van der Waals surface area contributed by atoms with Crippen molar-refractivity contribution in [2.45, 2.75) is 25.1 Å². The molecule has 2 aromatic rings. The molecule has 1 aromatic heterocycles. The van der Waals surface area contributed by atoms with Crippen LogP contribution in [0.15, 0.2) is 28.6 Å². The Kier molecular flexibility index (Phi) is 5.33. The summed E-state index contributed by atoms with van der Waals surface area (Å²) < 4.78 is 16.9. The molecule has 2 N–H and O–H groups in total. The minimum Gasteiger partial charge on any atom is -0.493 e. The van der Waals surface area contributed by atoms with Gasteiger partial charge in [0.25, 0.3) is 0 Å². The number of aryl methyl sites for hydroxylation is 1. The van der Waals surface area contributed by atoms with E-state index in [1.165, 1.54) is 11.3 Å². The van der Waals surface area contributed by atoms with Crippen molar-refractivity contribution in [2.24, 2.45) is 0 Å². The van der Waals surface area contributed by atoms with E-state index in [4.69, 9.17) is 4.74 Å². The van der Waals surface area contributed by atoms with Crippen molar-refractivity contribution in [3.05, 3.63) is 34.7 Å². The number of nitrogens with one attached hydrogen (secondary N) is 1. The molecule has 2 rings (SSSR count). The Morgan fingerprint density at radius 1 is 1.52 bits per heavy atom. The Balaban J connectivity index is 2.19. The van der Waals surface area contributed by atoms with Crippen LogP contribution < -0.4 is 10.1 Å². The van der Waals surface area contributed by atoms with E-state index in [0.29, 0.717) is 28.1 Å². The summed E-state index contributed by atoms with van der Waals surface area (Å²) in [6.07, 6.45) is 0.638. The first-order chi connectivity index (χ1) is 10.0. The molecule has 114 valence electrons. The predicted molar refractivity (Wildman–Crippen MR) is 85.4 cm³/mol. The fourth-order valence-corrected chi connectivity index (χ4v) is 3.36. The Hall–Kier alpha value is -1.44. The molecule has 0 amide bonds. The van der Waals surface area contributed by atoms with E-state index in [0.717, 1.165) is 5.56 Å². The fraction of sp³-hybridized carbons (Fsp3) is 0.357. The largest absolute Gasteiger partial charge is 0.493 e. The van der Waals surface area contributed by atoms with Crippen LogP contribution in [0.25, 0.3) is 0 Å². The first kappa shape index (κ1) is 15.9. The fourth-order valence-electron chi connectivity index (χ4n) is 1.80.